The first-order valence-electron chi connectivity index (χ1n) is 9.40. The number of thiophene rings is 1. The largest absolute Gasteiger partial charge is 0.463 e. The summed E-state index contributed by atoms with van der Waals surface area (Å²) in [4.78, 5) is 33.4. The zero-order chi connectivity index (χ0) is 21.3. The average molecular weight is 457 g/mol. The summed E-state index contributed by atoms with van der Waals surface area (Å²) >= 11 is 4.52. The molecule has 0 saturated heterocycles. The van der Waals surface area contributed by atoms with Crippen LogP contribution < -0.4 is 14.9 Å². The van der Waals surface area contributed by atoms with Crippen molar-refractivity contribution >= 4 is 46.5 Å². The van der Waals surface area contributed by atoms with Gasteiger partial charge in [-0.3, -0.25) is 9.36 Å². The van der Waals surface area contributed by atoms with Gasteiger partial charge in [-0.05, 0) is 55.3 Å². The molecule has 0 N–H and O–H groups in total. The van der Waals surface area contributed by atoms with Gasteiger partial charge in [0.25, 0.3) is 5.56 Å². The van der Waals surface area contributed by atoms with Gasteiger partial charge in [0.15, 0.2) is 4.80 Å². The summed E-state index contributed by atoms with van der Waals surface area (Å²) in [6.07, 6.45) is 3.91. The van der Waals surface area contributed by atoms with Crippen LogP contribution in [0.2, 0.25) is 0 Å². The van der Waals surface area contributed by atoms with Crippen LogP contribution in [0.1, 0.15) is 30.3 Å². The minimum atomic E-state index is -0.527. The minimum Gasteiger partial charge on any atom is -0.463 e. The van der Waals surface area contributed by atoms with Gasteiger partial charge >= 0.3 is 5.97 Å². The molecule has 0 bridgehead atoms. The van der Waals surface area contributed by atoms with Crippen LogP contribution in [-0.4, -0.2) is 23.4 Å². The molecule has 30 heavy (non-hydrogen) atoms. The number of thioether (sulfide) groups is 1. The molecule has 0 amide bonds. The standard InChI is InChI=1S/C22H20N2O3S3/c1-4-27-21(26)18-13(2)23-22-24(19(18)16-6-5-11-29-16)20(25)17(30-22)12-14-7-9-15(28-3)10-8-14/h5-12,19H,4H2,1-3H3/b17-12-/t19-/m0/s1. The number of fused-ring (bicyclic) bond motifs is 1. The maximum Gasteiger partial charge on any atom is 0.338 e. The topological polar surface area (TPSA) is 60.7 Å². The number of thiazole rings is 1. The third-order valence-corrected chi connectivity index (χ3v) is 7.39. The van der Waals surface area contributed by atoms with E-state index in [1.807, 2.05) is 54.1 Å². The lowest BCUT2D eigenvalue weighted by molar-refractivity contribution is -0.139. The summed E-state index contributed by atoms with van der Waals surface area (Å²) in [6, 6.07) is 11.4. The molecule has 1 aromatic carbocycles. The minimum absolute atomic E-state index is 0.152. The first kappa shape index (κ1) is 20.8. The van der Waals surface area contributed by atoms with E-state index in [2.05, 4.69) is 4.99 Å². The van der Waals surface area contributed by atoms with Gasteiger partial charge in [0.1, 0.15) is 6.04 Å². The first-order chi connectivity index (χ1) is 14.5. The SMILES string of the molecule is CCOC(=O)C1=C(C)N=c2s/c(=C\c3ccc(SC)cc3)c(=O)n2[C@H]1c1cccs1. The first-order valence-corrected chi connectivity index (χ1v) is 12.3. The van der Waals surface area contributed by atoms with Crippen molar-refractivity contribution in [3.63, 3.8) is 0 Å². The Balaban J connectivity index is 1.90. The Kier molecular flexibility index (Phi) is 6.08. The Hall–Kier alpha value is -2.42. The summed E-state index contributed by atoms with van der Waals surface area (Å²) in [7, 11) is 0. The second-order valence-electron chi connectivity index (χ2n) is 6.59. The number of ether oxygens (including phenoxy) is 1. The number of carbonyl (C=O) groups excluding carboxylic acids is 1. The van der Waals surface area contributed by atoms with Gasteiger partial charge < -0.3 is 4.74 Å². The van der Waals surface area contributed by atoms with E-state index in [0.29, 0.717) is 20.6 Å². The molecule has 1 aliphatic heterocycles. The third-order valence-electron chi connectivity index (χ3n) is 4.74. The number of aromatic nitrogens is 1. The summed E-state index contributed by atoms with van der Waals surface area (Å²) in [5.41, 5.74) is 1.80. The number of allylic oxidation sites excluding steroid dienone is 1. The fourth-order valence-corrected chi connectivity index (χ4v) is 5.64. The van der Waals surface area contributed by atoms with Gasteiger partial charge in [-0.2, -0.15) is 0 Å². The summed E-state index contributed by atoms with van der Waals surface area (Å²) < 4.78 is 7.50. The Labute approximate surface area is 186 Å². The van der Waals surface area contributed by atoms with Crippen molar-refractivity contribution in [3.8, 4) is 0 Å². The number of benzene rings is 1. The molecule has 0 saturated carbocycles. The van der Waals surface area contributed by atoms with Gasteiger partial charge in [0, 0.05) is 9.77 Å². The van der Waals surface area contributed by atoms with Crippen molar-refractivity contribution in [1.82, 2.24) is 4.57 Å². The normalized spacial score (nSPS) is 16.4. The van der Waals surface area contributed by atoms with Crippen LogP contribution in [-0.2, 0) is 9.53 Å². The molecule has 0 fully saturated rings. The Morgan fingerprint density at radius 3 is 2.70 bits per heavy atom. The Morgan fingerprint density at radius 2 is 2.07 bits per heavy atom. The molecule has 1 atom stereocenters. The molecule has 1 aliphatic rings. The van der Waals surface area contributed by atoms with E-state index in [4.69, 9.17) is 4.74 Å². The van der Waals surface area contributed by atoms with Crippen LogP contribution in [0.15, 0.2) is 67.7 Å². The van der Waals surface area contributed by atoms with Gasteiger partial charge in [-0.1, -0.05) is 29.5 Å². The molecule has 8 heteroatoms. The average Bonchev–Trinajstić information content (AvgIpc) is 3.37. The molecule has 4 rings (SSSR count). The molecule has 0 spiro atoms. The summed E-state index contributed by atoms with van der Waals surface area (Å²) in [6.45, 7) is 3.83. The molecular weight excluding hydrogens is 436 g/mol. The fraction of sp³-hybridized carbons (Fsp3) is 0.227. The van der Waals surface area contributed by atoms with Crippen LogP contribution in [0.4, 0.5) is 0 Å². The van der Waals surface area contributed by atoms with E-state index >= 15 is 0 Å². The third kappa shape index (κ3) is 3.82. The quantitative estimate of drug-likeness (QED) is 0.435. The number of esters is 1. The van der Waals surface area contributed by atoms with E-state index in [9.17, 15) is 9.59 Å². The highest BCUT2D eigenvalue weighted by Crippen LogP contribution is 2.33. The molecule has 2 aromatic heterocycles. The van der Waals surface area contributed by atoms with Crippen molar-refractivity contribution in [2.24, 2.45) is 4.99 Å². The van der Waals surface area contributed by atoms with Crippen LogP contribution in [0.3, 0.4) is 0 Å². The van der Waals surface area contributed by atoms with Crippen molar-refractivity contribution < 1.29 is 9.53 Å². The van der Waals surface area contributed by atoms with E-state index < -0.39 is 12.0 Å². The molecule has 3 heterocycles. The molecule has 154 valence electrons. The van der Waals surface area contributed by atoms with E-state index in [-0.39, 0.29) is 12.2 Å². The Bertz CT molecular complexity index is 1280. The zero-order valence-corrected chi connectivity index (χ0v) is 19.2. The van der Waals surface area contributed by atoms with Gasteiger partial charge in [-0.15, -0.1) is 23.1 Å². The molecule has 0 radical (unpaired) electrons. The lowest BCUT2D eigenvalue weighted by atomic mass is 10.0. The summed E-state index contributed by atoms with van der Waals surface area (Å²) in [5, 5.41) is 1.94. The second-order valence-corrected chi connectivity index (χ2v) is 9.46. The predicted octanol–water partition coefficient (Wildman–Crippen LogP) is 3.58. The van der Waals surface area contributed by atoms with Crippen LogP contribution in [0.5, 0.6) is 0 Å². The van der Waals surface area contributed by atoms with Gasteiger partial charge in [-0.25, -0.2) is 9.79 Å². The summed E-state index contributed by atoms with van der Waals surface area (Å²) in [5.74, 6) is -0.431. The highest BCUT2D eigenvalue weighted by atomic mass is 32.2. The molecule has 0 unspecified atom stereocenters. The zero-order valence-electron chi connectivity index (χ0n) is 16.7. The highest BCUT2D eigenvalue weighted by Gasteiger charge is 2.33. The van der Waals surface area contributed by atoms with Crippen molar-refractivity contribution in [1.29, 1.82) is 0 Å². The van der Waals surface area contributed by atoms with E-state index in [1.165, 1.54) is 27.6 Å². The number of rotatable bonds is 5. The van der Waals surface area contributed by atoms with E-state index in [0.717, 1.165) is 10.4 Å². The van der Waals surface area contributed by atoms with Crippen molar-refractivity contribution in [3.05, 3.63) is 83.2 Å². The van der Waals surface area contributed by atoms with Crippen LogP contribution >= 0.6 is 34.4 Å². The number of nitrogens with zero attached hydrogens (tertiary/aromatic N) is 2. The monoisotopic (exact) mass is 456 g/mol. The fourth-order valence-electron chi connectivity index (χ4n) is 3.36. The maximum atomic E-state index is 13.4. The lowest BCUT2D eigenvalue weighted by Gasteiger charge is -2.23. The van der Waals surface area contributed by atoms with Gasteiger partial charge in [0.05, 0.1) is 22.4 Å². The smallest absolute Gasteiger partial charge is 0.338 e. The van der Waals surface area contributed by atoms with Crippen LogP contribution in [0, 0.1) is 0 Å². The van der Waals surface area contributed by atoms with Crippen LogP contribution in [0.25, 0.3) is 6.08 Å². The maximum absolute atomic E-state index is 13.4. The Morgan fingerprint density at radius 1 is 1.30 bits per heavy atom. The number of hydrogen-bond donors (Lipinski definition) is 0. The van der Waals surface area contributed by atoms with Crippen molar-refractivity contribution in [2.75, 3.05) is 12.9 Å². The van der Waals surface area contributed by atoms with E-state index in [1.54, 1.807) is 30.2 Å². The molecular formula is C22H20N2O3S3. The molecule has 3 aromatic rings. The second kappa shape index (κ2) is 8.75. The van der Waals surface area contributed by atoms with Gasteiger partial charge in [0.2, 0.25) is 0 Å². The number of hydrogen-bond acceptors (Lipinski definition) is 7. The number of carbonyl (C=O) groups is 1. The molecule has 0 aliphatic carbocycles. The highest BCUT2D eigenvalue weighted by molar-refractivity contribution is 7.98. The lowest BCUT2D eigenvalue weighted by Crippen LogP contribution is -2.39. The predicted molar refractivity (Wildman–Crippen MR) is 123 cm³/mol. The molecule has 5 nitrogen and oxygen atoms in total. The van der Waals surface area contributed by atoms with Crippen molar-refractivity contribution in [2.45, 2.75) is 24.8 Å².